The number of guanidine groups is 1. The first-order valence-corrected chi connectivity index (χ1v) is 5.13. The molecule has 3 N–H and O–H groups in total. The van der Waals surface area contributed by atoms with E-state index in [0.29, 0.717) is 13.1 Å². The quantitative estimate of drug-likeness (QED) is 0.530. The topological polar surface area (TPSA) is 59.6 Å². The predicted molar refractivity (Wildman–Crippen MR) is 63.7 cm³/mol. The van der Waals surface area contributed by atoms with E-state index < -0.39 is 0 Å². The number of hydrogen-bond donors (Lipinski definition) is 2. The Labute approximate surface area is 94.9 Å². The fourth-order valence-corrected chi connectivity index (χ4v) is 1.62. The van der Waals surface area contributed by atoms with Crippen LogP contribution in [0.3, 0.4) is 0 Å². The Bertz CT molecular complexity index is 350. The van der Waals surface area contributed by atoms with Crippen molar-refractivity contribution < 1.29 is 0 Å². The number of nitrogens with zero attached hydrogens (tertiary/aromatic N) is 3. The van der Waals surface area contributed by atoms with E-state index in [0.717, 1.165) is 0 Å². The van der Waals surface area contributed by atoms with Gasteiger partial charge in [0.15, 0.2) is 0 Å². The average Bonchev–Trinajstić information content (AvgIpc) is 2.31. The van der Waals surface area contributed by atoms with Gasteiger partial charge in [0.25, 0.3) is 0 Å². The molecule has 2 rings (SSSR count). The highest BCUT2D eigenvalue weighted by Crippen LogP contribution is 2.10. The van der Waals surface area contributed by atoms with E-state index in [4.69, 9.17) is 11.1 Å². The first-order valence-electron chi connectivity index (χ1n) is 5.13. The maximum atomic E-state index is 7.63. The molecule has 0 amide bonds. The Morgan fingerprint density at radius 2 is 1.50 bits per heavy atom. The van der Waals surface area contributed by atoms with E-state index >= 15 is 0 Å². The number of allylic oxidation sites excluding steroid dienone is 4. The summed E-state index contributed by atoms with van der Waals surface area (Å²) in [7, 11) is 0. The number of rotatable bonds is 2. The van der Waals surface area contributed by atoms with Crippen LogP contribution < -0.4 is 5.73 Å². The van der Waals surface area contributed by atoms with Crippen LogP contribution in [0.5, 0.6) is 0 Å². The van der Waals surface area contributed by atoms with E-state index in [2.05, 4.69) is 0 Å². The molecule has 0 bridgehead atoms. The van der Waals surface area contributed by atoms with Crippen LogP contribution in [0, 0.1) is 5.41 Å². The van der Waals surface area contributed by atoms with Gasteiger partial charge in [0.1, 0.15) is 0 Å². The summed E-state index contributed by atoms with van der Waals surface area (Å²) in [6.07, 6.45) is 15.6. The van der Waals surface area contributed by atoms with Gasteiger partial charge in [-0.25, -0.2) is 0 Å². The van der Waals surface area contributed by atoms with Crippen LogP contribution in [0.2, 0.25) is 0 Å². The summed E-state index contributed by atoms with van der Waals surface area (Å²) in [6.45, 7) is 1.42. The highest BCUT2D eigenvalue weighted by Gasteiger charge is 2.19. The second-order valence-electron chi connectivity index (χ2n) is 3.46. The van der Waals surface area contributed by atoms with Crippen molar-refractivity contribution >= 4 is 5.96 Å². The van der Waals surface area contributed by atoms with E-state index in [-0.39, 0.29) is 5.96 Å². The summed E-state index contributed by atoms with van der Waals surface area (Å²) in [4.78, 5) is 0. The third-order valence-electron chi connectivity index (χ3n) is 2.30. The van der Waals surface area contributed by atoms with Crippen molar-refractivity contribution in [2.75, 3.05) is 13.1 Å². The third-order valence-corrected chi connectivity index (χ3v) is 2.30. The summed E-state index contributed by atoms with van der Waals surface area (Å²) in [5, 5.41) is 13.0. The summed E-state index contributed by atoms with van der Waals surface area (Å²) in [5.74, 6) is -0.0000926. The fraction of sp³-hybridized carbons (Fsp3) is 0.182. The predicted octanol–water partition coefficient (Wildman–Crippen LogP) is 0.783. The molecular weight excluding hydrogens is 202 g/mol. The second-order valence-corrected chi connectivity index (χ2v) is 3.46. The van der Waals surface area contributed by atoms with Crippen LogP contribution >= 0.6 is 0 Å². The Morgan fingerprint density at radius 1 is 1.00 bits per heavy atom. The first-order chi connectivity index (χ1) is 7.79. The maximum absolute atomic E-state index is 7.63. The lowest BCUT2D eigenvalue weighted by atomic mass is 10.4. The van der Waals surface area contributed by atoms with Crippen LogP contribution in [0.4, 0.5) is 0 Å². The van der Waals surface area contributed by atoms with Crippen LogP contribution in [-0.2, 0) is 0 Å². The summed E-state index contributed by atoms with van der Waals surface area (Å²) < 4.78 is 0. The molecule has 5 heteroatoms. The van der Waals surface area contributed by atoms with Gasteiger partial charge in [0, 0.05) is 12.4 Å². The van der Waals surface area contributed by atoms with Gasteiger partial charge in [0.05, 0.1) is 13.1 Å². The Balaban J connectivity index is 2.13. The molecule has 0 radical (unpaired) electrons. The molecular formula is C11H15N5. The molecule has 0 spiro atoms. The van der Waals surface area contributed by atoms with Crippen LogP contribution in [0.25, 0.3) is 0 Å². The average molecular weight is 217 g/mol. The Hall–Kier alpha value is -2.17. The Kier molecular flexibility index (Phi) is 2.95. The van der Waals surface area contributed by atoms with Crippen molar-refractivity contribution in [3.8, 4) is 0 Å². The third kappa shape index (κ3) is 2.08. The minimum Gasteiger partial charge on any atom is -0.367 e. The van der Waals surface area contributed by atoms with Crippen molar-refractivity contribution in [1.29, 1.82) is 5.41 Å². The highest BCUT2D eigenvalue weighted by atomic mass is 15.9. The monoisotopic (exact) mass is 217 g/mol. The van der Waals surface area contributed by atoms with Crippen LogP contribution in [0.15, 0.2) is 48.9 Å². The van der Waals surface area contributed by atoms with E-state index in [1.165, 1.54) is 0 Å². The lowest BCUT2D eigenvalue weighted by Gasteiger charge is -2.41. The minimum absolute atomic E-state index is 0.0000926. The van der Waals surface area contributed by atoms with E-state index in [1.807, 2.05) is 58.9 Å². The van der Waals surface area contributed by atoms with Gasteiger partial charge in [-0.2, -0.15) is 5.12 Å². The van der Waals surface area contributed by atoms with Crippen molar-refractivity contribution in [3.63, 3.8) is 0 Å². The normalized spacial score (nSPS) is 18.0. The zero-order chi connectivity index (χ0) is 11.4. The van der Waals surface area contributed by atoms with E-state index in [1.54, 1.807) is 5.12 Å². The van der Waals surface area contributed by atoms with Gasteiger partial charge in [-0.3, -0.25) is 15.4 Å². The second kappa shape index (κ2) is 4.57. The summed E-state index contributed by atoms with van der Waals surface area (Å²) in [5.41, 5.74) is 5.61. The van der Waals surface area contributed by atoms with Crippen molar-refractivity contribution in [3.05, 3.63) is 48.9 Å². The molecule has 84 valence electrons. The summed E-state index contributed by atoms with van der Waals surface area (Å²) in [6, 6.07) is 0. The van der Waals surface area contributed by atoms with Crippen molar-refractivity contribution in [2.45, 2.75) is 0 Å². The molecule has 0 atom stereocenters. The lowest BCUT2D eigenvalue weighted by molar-refractivity contribution is -0.0543. The number of hydrogen-bond acceptors (Lipinski definition) is 3. The molecule has 2 aliphatic heterocycles. The molecule has 0 aromatic heterocycles. The molecule has 0 aromatic rings. The largest absolute Gasteiger partial charge is 0.367 e. The maximum Gasteiger partial charge on any atom is 0.228 e. The molecule has 0 saturated carbocycles. The SMILES string of the molecule is N=C(N)N(N1C=CC=CC1)N1C=CC=CC1. The molecule has 0 aliphatic carbocycles. The molecule has 2 heterocycles. The smallest absolute Gasteiger partial charge is 0.228 e. The van der Waals surface area contributed by atoms with Gasteiger partial charge in [-0.15, -0.1) is 0 Å². The number of hydrazine groups is 2. The zero-order valence-corrected chi connectivity index (χ0v) is 8.95. The van der Waals surface area contributed by atoms with E-state index in [9.17, 15) is 0 Å². The molecule has 0 unspecified atom stereocenters. The molecule has 2 aliphatic rings. The lowest BCUT2D eigenvalue weighted by Crippen LogP contribution is -2.55. The molecule has 5 nitrogen and oxygen atoms in total. The van der Waals surface area contributed by atoms with Crippen molar-refractivity contribution in [2.24, 2.45) is 5.73 Å². The zero-order valence-electron chi connectivity index (χ0n) is 8.95. The minimum atomic E-state index is -0.0000926. The number of nitrogens with two attached hydrogens (primary N) is 1. The summed E-state index contributed by atoms with van der Waals surface area (Å²) >= 11 is 0. The fourth-order valence-electron chi connectivity index (χ4n) is 1.62. The van der Waals surface area contributed by atoms with Crippen molar-refractivity contribution in [1.82, 2.24) is 15.1 Å². The molecule has 16 heavy (non-hydrogen) atoms. The van der Waals surface area contributed by atoms with Crippen LogP contribution in [0.1, 0.15) is 0 Å². The first kappa shape index (κ1) is 10.4. The molecule has 0 aromatic carbocycles. The van der Waals surface area contributed by atoms with Gasteiger partial charge in [-0.1, -0.05) is 24.3 Å². The van der Waals surface area contributed by atoms with Crippen LogP contribution in [-0.4, -0.2) is 34.2 Å². The highest BCUT2D eigenvalue weighted by molar-refractivity contribution is 5.73. The van der Waals surface area contributed by atoms with Gasteiger partial charge >= 0.3 is 0 Å². The molecule has 0 saturated heterocycles. The van der Waals surface area contributed by atoms with Gasteiger partial charge in [0.2, 0.25) is 5.96 Å². The standard InChI is InChI=1S/C11H15N5/c12-11(13)16(14-7-3-1-4-8-14)15-9-5-2-6-10-15/h1-7,9H,8,10H2,(H3,12,13). The molecule has 0 fully saturated rings. The Morgan fingerprint density at radius 3 is 1.81 bits per heavy atom. The number of nitrogens with one attached hydrogen (secondary N) is 1. The van der Waals surface area contributed by atoms with Gasteiger partial charge in [-0.05, 0) is 12.2 Å². The van der Waals surface area contributed by atoms with Gasteiger partial charge < -0.3 is 5.73 Å².